The summed E-state index contributed by atoms with van der Waals surface area (Å²) in [7, 11) is 0. The second-order valence-electron chi connectivity index (χ2n) is 9.10. The molecule has 0 saturated carbocycles. The van der Waals surface area contributed by atoms with Gasteiger partial charge in [-0.15, -0.1) is 0 Å². The van der Waals surface area contributed by atoms with Gasteiger partial charge in [-0.05, 0) is 51.0 Å². The number of hydrogen-bond donors (Lipinski definition) is 2. The molecule has 0 radical (unpaired) electrons. The van der Waals surface area contributed by atoms with Gasteiger partial charge in [-0.2, -0.15) is 13.8 Å². The molecule has 214 valence electrons. The van der Waals surface area contributed by atoms with E-state index in [-0.39, 0.29) is 11.6 Å². The fourth-order valence-electron chi connectivity index (χ4n) is 3.89. The number of halogens is 2. The van der Waals surface area contributed by atoms with Crippen molar-refractivity contribution < 1.29 is 23.4 Å². The molecule has 3 atom stereocenters. The molecule has 1 aromatic heterocycles. The van der Waals surface area contributed by atoms with Crippen LogP contribution in [-0.2, 0) is 9.47 Å². The maximum Gasteiger partial charge on any atom is 0.351 e. The number of rotatable bonds is 17. The number of anilines is 1. The molecule has 3 unspecified atom stereocenters. The summed E-state index contributed by atoms with van der Waals surface area (Å²) in [5.41, 5.74) is 4.45. The molecule has 39 heavy (non-hydrogen) atoms. The topological polar surface area (TPSA) is 99.6 Å². The molecule has 3 N–H and O–H groups in total. The molecule has 0 bridgehead atoms. The Morgan fingerprint density at radius 1 is 1.10 bits per heavy atom. The zero-order valence-corrected chi connectivity index (χ0v) is 22.6. The molecule has 0 amide bonds. The zero-order valence-electron chi connectivity index (χ0n) is 22.6. The van der Waals surface area contributed by atoms with E-state index >= 15 is 8.78 Å². The maximum atomic E-state index is 15.1. The second kappa shape index (κ2) is 17.3. The molecule has 9 heteroatoms. The quantitative estimate of drug-likeness (QED) is 0.138. The van der Waals surface area contributed by atoms with Gasteiger partial charge in [-0.25, -0.2) is 4.79 Å². The lowest BCUT2D eigenvalue weighted by Crippen LogP contribution is -2.43. The van der Waals surface area contributed by atoms with E-state index < -0.39 is 36.7 Å². The van der Waals surface area contributed by atoms with E-state index in [1.54, 1.807) is 0 Å². The van der Waals surface area contributed by atoms with Crippen LogP contribution in [0.3, 0.4) is 0 Å². The molecule has 1 aromatic rings. The number of allylic oxidation sites excluding steroid dienone is 11. The van der Waals surface area contributed by atoms with Crippen LogP contribution >= 0.6 is 0 Å². The van der Waals surface area contributed by atoms with E-state index in [9.17, 15) is 9.90 Å². The SMILES string of the molecule is C=C(CCC/C=C/C/C=C/C/C=C/C/C=C/C/C=C\CC)OC1C(CO)OC(n2ccc(N)nc2=O)C1(F)F. The second-order valence-corrected chi connectivity index (χ2v) is 9.10. The lowest BCUT2D eigenvalue weighted by molar-refractivity contribution is -0.145. The van der Waals surface area contributed by atoms with Gasteiger partial charge < -0.3 is 20.3 Å². The predicted molar refractivity (Wildman–Crippen MR) is 151 cm³/mol. The third-order valence-electron chi connectivity index (χ3n) is 5.91. The molecule has 1 aliphatic rings. The highest BCUT2D eigenvalue weighted by molar-refractivity contribution is 5.23. The van der Waals surface area contributed by atoms with Crippen LogP contribution in [0.25, 0.3) is 0 Å². The van der Waals surface area contributed by atoms with Gasteiger partial charge in [-0.3, -0.25) is 4.57 Å². The third kappa shape index (κ3) is 10.8. The summed E-state index contributed by atoms with van der Waals surface area (Å²) in [6.07, 6.45) is 23.7. The summed E-state index contributed by atoms with van der Waals surface area (Å²) in [5, 5.41) is 9.58. The number of nitrogen functional groups attached to an aromatic ring is 1. The molecule has 1 aliphatic heterocycles. The number of ether oxygens (including phenoxy) is 2. The Kier molecular flexibility index (Phi) is 14.2. The Labute approximate surface area is 229 Å². The minimum Gasteiger partial charge on any atom is -0.486 e. The molecular weight excluding hydrogens is 504 g/mol. The van der Waals surface area contributed by atoms with Crippen LogP contribution < -0.4 is 11.4 Å². The average Bonchev–Trinajstić information content (AvgIpc) is 3.15. The Morgan fingerprint density at radius 3 is 2.21 bits per heavy atom. The molecule has 1 fully saturated rings. The highest BCUT2D eigenvalue weighted by Crippen LogP contribution is 2.44. The summed E-state index contributed by atoms with van der Waals surface area (Å²) in [5.74, 6) is -3.54. The first-order chi connectivity index (χ1) is 18.8. The summed E-state index contributed by atoms with van der Waals surface area (Å²) in [6, 6.07) is 1.22. The normalized spacial score (nSPS) is 21.4. The molecule has 0 aliphatic carbocycles. The van der Waals surface area contributed by atoms with Crippen LogP contribution in [0.5, 0.6) is 0 Å². The first-order valence-corrected chi connectivity index (χ1v) is 13.4. The largest absolute Gasteiger partial charge is 0.486 e. The van der Waals surface area contributed by atoms with Crippen LogP contribution in [0.1, 0.15) is 64.5 Å². The minimum atomic E-state index is -3.61. The standard InChI is InChI=1S/C30H41F2N3O4/c1-3-4-5-6-7-8-9-10-11-12-13-14-15-16-17-18-19-20-24(2)38-27-25(23-36)39-28(30(27,31)32)35-22-21-26(33)34-29(35)37/h4-5,7-8,10-11,13-14,16-17,21-22,25,27-28,36H,2-3,6,9,12,15,18-20,23H2,1H3,(H2,33,34,37)/b5-4-,8-7+,11-10+,14-13+,17-16+. The van der Waals surface area contributed by atoms with E-state index in [4.69, 9.17) is 15.2 Å². The molecule has 1 saturated heterocycles. The van der Waals surface area contributed by atoms with Crippen molar-refractivity contribution in [2.24, 2.45) is 0 Å². The number of alkyl halides is 2. The van der Waals surface area contributed by atoms with Gasteiger partial charge in [0, 0.05) is 12.6 Å². The Balaban J connectivity index is 1.68. The Hall–Kier alpha value is -3.30. The minimum absolute atomic E-state index is 0.0926. The van der Waals surface area contributed by atoms with Crippen LogP contribution in [0.4, 0.5) is 14.6 Å². The number of unbranched alkanes of at least 4 members (excludes halogenated alkanes) is 1. The molecule has 0 aromatic carbocycles. The van der Waals surface area contributed by atoms with Gasteiger partial charge in [0.2, 0.25) is 6.23 Å². The third-order valence-corrected chi connectivity index (χ3v) is 5.91. The van der Waals surface area contributed by atoms with Gasteiger partial charge in [0.05, 0.1) is 12.4 Å². The van der Waals surface area contributed by atoms with E-state index in [0.29, 0.717) is 17.4 Å². The highest BCUT2D eigenvalue weighted by atomic mass is 19.3. The lowest BCUT2D eigenvalue weighted by Gasteiger charge is -2.25. The van der Waals surface area contributed by atoms with Crippen molar-refractivity contribution in [2.45, 2.75) is 82.6 Å². The van der Waals surface area contributed by atoms with Gasteiger partial charge in [0.25, 0.3) is 0 Å². The van der Waals surface area contributed by atoms with Crippen molar-refractivity contribution >= 4 is 5.82 Å². The van der Waals surface area contributed by atoms with Crippen LogP contribution in [-0.4, -0.2) is 39.4 Å². The van der Waals surface area contributed by atoms with Gasteiger partial charge in [0.15, 0.2) is 6.10 Å². The fourth-order valence-corrected chi connectivity index (χ4v) is 3.89. The van der Waals surface area contributed by atoms with Crippen molar-refractivity contribution in [2.75, 3.05) is 12.3 Å². The average molecular weight is 546 g/mol. The predicted octanol–water partition coefficient (Wildman–Crippen LogP) is 6.17. The van der Waals surface area contributed by atoms with E-state index in [0.717, 1.165) is 44.7 Å². The van der Waals surface area contributed by atoms with Crippen LogP contribution in [0.15, 0.2) is 90.2 Å². The van der Waals surface area contributed by atoms with Crippen LogP contribution in [0, 0.1) is 0 Å². The van der Waals surface area contributed by atoms with E-state index in [1.807, 2.05) is 6.08 Å². The number of aliphatic hydroxyl groups is 1. The first kappa shape index (κ1) is 31.9. The Bertz CT molecular complexity index is 1090. The molecule has 2 heterocycles. The summed E-state index contributed by atoms with van der Waals surface area (Å²) in [4.78, 5) is 15.5. The van der Waals surface area contributed by atoms with Gasteiger partial charge in [0.1, 0.15) is 11.9 Å². The summed E-state index contributed by atoms with van der Waals surface area (Å²) in [6.45, 7) is 5.17. The van der Waals surface area contributed by atoms with Gasteiger partial charge in [-0.1, -0.05) is 74.3 Å². The van der Waals surface area contributed by atoms with Crippen molar-refractivity contribution in [1.29, 1.82) is 0 Å². The Morgan fingerprint density at radius 2 is 1.67 bits per heavy atom. The summed E-state index contributed by atoms with van der Waals surface area (Å²) >= 11 is 0. The van der Waals surface area contributed by atoms with Crippen molar-refractivity contribution in [1.82, 2.24) is 9.55 Å². The number of aliphatic hydroxyl groups excluding tert-OH is 1. The van der Waals surface area contributed by atoms with Crippen LogP contribution in [0.2, 0.25) is 0 Å². The maximum absolute atomic E-state index is 15.1. The number of nitrogens with zero attached hydrogens (tertiary/aromatic N) is 2. The number of nitrogens with two attached hydrogens (primary N) is 1. The van der Waals surface area contributed by atoms with Crippen molar-refractivity contribution in [3.63, 3.8) is 0 Å². The fraction of sp³-hybridized carbons (Fsp3) is 0.467. The molecule has 7 nitrogen and oxygen atoms in total. The number of hydrogen-bond acceptors (Lipinski definition) is 6. The highest BCUT2D eigenvalue weighted by Gasteiger charge is 2.61. The number of aromatic nitrogens is 2. The van der Waals surface area contributed by atoms with E-state index in [1.165, 1.54) is 6.07 Å². The molecule has 0 spiro atoms. The first-order valence-electron chi connectivity index (χ1n) is 13.4. The van der Waals surface area contributed by atoms with E-state index in [2.05, 4.69) is 73.2 Å². The van der Waals surface area contributed by atoms with Crippen molar-refractivity contribution in [3.05, 3.63) is 95.8 Å². The smallest absolute Gasteiger partial charge is 0.351 e. The lowest BCUT2D eigenvalue weighted by atomic mass is 10.1. The molecular formula is C30H41F2N3O4. The van der Waals surface area contributed by atoms with Gasteiger partial charge >= 0.3 is 11.6 Å². The van der Waals surface area contributed by atoms with Crippen molar-refractivity contribution in [3.8, 4) is 0 Å². The molecule has 2 rings (SSSR count). The zero-order chi connectivity index (χ0) is 28.5. The summed E-state index contributed by atoms with van der Waals surface area (Å²) < 4.78 is 41.6. The monoisotopic (exact) mass is 545 g/mol.